The van der Waals surface area contributed by atoms with Crippen molar-refractivity contribution in [1.29, 1.82) is 0 Å². The van der Waals surface area contributed by atoms with Crippen molar-refractivity contribution in [3.63, 3.8) is 0 Å². The van der Waals surface area contributed by atoms with Crippen LogP contribution >= 0.6 is 23.2 Å². The van der Waals surface area contributed by atoms with Gasteiger partial charge in [0, 0.05) is 5.02 Å². The van der Waals surface area contributed by atoms with Crippen molar-refractivity contribution >= 4 is 40.4 Å². The Hall–Kier alpha value is -1.92. The number of pyridine rings is 1. The molecule has 0 aliphatic heterocycles. The summed E-state index contributed by atoms with van der Waals surface area (Å²) in [6.45, 7) is 0. The van der Waals surface area contributed by atoms with Gasteiger partial charge in [-0.2, -0.15) is 0 Å². The summed E-state index contributed by atoms with van der Waals surface area (Å²) < 4.78 is 13.5. The quantitative estimate of drug-likeness (QED) is 0.524. The van der Waals surface area contributed by atoms with Crippen LogP contribution in [0.15, 0.2) is 30.3 Å². The van der Waals surface area contributed by atoms with Gasteiger partial charge in [-0.3, -0.25) is 10.1 Å². The molecule has 8 heteroatoms. The van der Waals surface area contributed by atoms with Crippen LogP contribution in [-0.2, 0) is 0 Å². The van der Waals surface area contributed by atoms with Crippen LogP contribution in [0.3, 0.4) is 0 Å². The predicted molar refractivity (Wildman–Crippen MR) is 70.6 cm³/mol. The summed E-state index contributed by atoms with van der Waals surface area (Å²) in [5.41, 5.74) is -0.193. The fourth-order valence-corrected chi connectivity index (χ4v) is 1.76. The highest BCUT2D eigenvalue weighted by Gasteiger charge is 2.12. The highest BCUT2D eigenvalue weighted by atomic mass is 35.5. The van der Waals surface area contributed by atoms with Gasteiger partial charge < -0.3 is 5.32 Å². The van der Waals surface area contributed by atoms with E-state index in [9.17, 15) is 14.5 Å². The van der Waals surface area contributed by atoms with E-state index in [-0.39, 0.29) is 22.3 Å². The van der Waals surface area contributed by atoms with Gasteiger partial charge in [0.05, 0.1) is 22.7 Å². The zero-order valence-corrected chi connectivity index (χ0v) is 10.7. The number of hydrogen-bond donors (Lipinski definition) is 1. The van der Waals surface area contributed by atoms with E-state index in [2.05, 4.69) is 10.3 Å². The molecule has 98 valence electrons. The molecule has 0 radical (unpaired) electrons. The lowest BCUT2D eigenvalue weighted by Gasteiger charge is -2.07. The van der Waals surface area contributed by atoms with E-state index >= 15 is 0 Å². The third kappa shape index (κ3) is 3.30. The molecule has 1 aromatic carbocycles. The van der Waals surface area contributed by atoms with Crippen molar-refractivity contribution in [1.82, 2.24) is 4.98 Å². The number of halogens is 3. The fourth-order valence-electron chi connectivity index (χ4n) is 1.38. The normalized spacial score (nSPS) is 10.3. The van der Waals surface area contributed by atoms with Crippen molar-refractivity contribution in [3.8, 4) is 0 Å². The average Bonchev–Trinajstić information content (AvgIpc) is 2.33. The fraction of sp³-hybridized carbons (Fsp3) is 0. The molecule has 0 atom stereocenters. The minimum absolute atomic E-state index is 0.0524. The maximum atomic E-state index is 13.5. The summed E-state index contributed by atoms with van der Waals surface area (Å²) in [5, 5.41) is 13.5. The van der Waals surface area contributed by atoms with Crippen LogP contribution in [-0.4, -0.2) is 9.91 Å². The largest absolute Gasteiger partial charge is 0.338 e. The lowest BCUT2D eigenvalue weighted by Crippen LogP contribution is -1.98. The molecular weight excluding hydrogens is 296 g/mol. The van der Waals surface area contributed by atoms with Crippen LogP contribution in [0.1, 0.15) is 0 Å². The van der Waals surface area contributed by atoms with Crippen LogP contribution in [0.25, 0.3) is 0 Å². The summed E-state index contributed by atoms with van der Waals surface area (Å²) in [7, 11) is 0. The third-order valence-corrected chi connectivity index (χ3v) is 2.61. The first-order valence-electron chi connectivity index (χ1n) is 5.00. The molecule has 0 saturated heterocycles. The third-order valence-electron chi connectivity index (χ3n) is 2.18. The van der Waals surface area contributed by atoms with E-state index in [0.29, 0.717) is 5.02 Å². The zero-order valence-electron chi connectivity index (χ0n) is 9.23. The number of anilines is 2. The Kier molecular flexibility index (Phi) is 3.82. The molecular formula is C11H6Cl2FN3O2. The summed E-state index contributed by atoms with van der Waals surface area (Å²) in [6.07, 6.45) is 0. The van der Waals surface area contributed by atoms with Gasteiger partial charge in [0.25, 0.3) is 5.69 Å². The van der Waals surface area contributed by atoms with Crippen molar-refractivity contribution in [2.45, 2.75) is 0 Å². The van der Waals surface area contributed by atoms with Gasteiger partial charge in [-0.05, 0) is 18.2 Å². The minimum atomic E-state index is -0.618. The molecule has 0 unspecified atom stereocenters. The number of rotatable bonds is 3. The molecule has 0 amide bonds. The second-order valence-electron chi connectivity index (χ2n) is 3.54. The highest BCUT2D eigenvalue weighted by molar-refractivity contribution is 6.31. The molecule has 0 fully saturated rings. The minimum Gasteiger partial charge on any atom is -0.338 e. The first-order valence-corrected chi connectivity index (χ1v) is 5.75. The maximum Gasteiger partial charge on any atom is 0.276 e. The van der Waals surface area contributed by atoms with Crippen LogP contribution in [0.2, 0.25) is 10.2 Å². The van der Waals surface area contributed by atoms with E-state index < -0.39 is 10.7 Å². The number of nitro groups is 1. The standard InChI is InChI=1S/C11H6Cl2FN3O2/c12-6-1-2-8(14)9(3-6)15-11-5-7(17(18)19)4-10(13)16-11/h1-5H,(H,15,16). The number of aromatic nitrogens is 1. The van der Waals surface area contributed by atoms with Crippen molar-refractivity contribution in [2.24, 2.45) is 0 Å². The molecule has 2 aromatic rings. The number of benzene rings is 1. The van der Waals surface area contributed by atoms with Crippen LogP contribution in [0.4, 0.5) is 21.6 Å². The van der Waals surface area contributed by atoms with Gasteiger partial charge in [-0.25, -0.2) is 9.37 Å². The van der Waals surface area contributed by atoms with Gasteiger partial charge >= 0.3 is 0 Å². The van der Waals surface area contributed by atoms with Gasteiger partial charge in [0.1, 0.15) is 16.8 Å². The Morgan fingerprint density at radius 2 is 2.00 bits per heavy atom. The monoisotopic (exact) mass is 301 g/mol. The lowest BCUT2D eigenvalue weighted by molar-refractivity contribution is -0.384. The Morgan fingerprint density at radius 1 is 1.26 bits per heavy atom. The highest BCUT2D eigenvalue weighted by Crippen LogP contribution is 2.26. The van der Waals surface area contributed by atoms with Crippen LogP contribution < -0.4 is 5.32 Å². The molecule has 0 aliphatic carbocycles. The van der Waals surface area contributed by atoms with Gasteiger partial charge in [0.15, 0.2) is 0 Å². The molecule has 0 spiro atoms. The van der Waals surface area contributed by atoms with Gasteiger partial charge in [0.2, 0.25) is 0 Å². The van der Waals surface area contributed by atoms with E-state index in [0.717, 1.165) is 12.1 Å². The predicted octanol–water partition coefficient (Wildman–Crippen LogP) is 4.18. The number of nitrogens with one attached hydrogen (secondary N) is 1. The molecule has 0 bridgehead atoms. The Morgan fingerprint density at radius 3 is 2.68 bits per heavy atom. The number of hydrogen-bond acceptors (Lipinski definition) is 4. The topological polar surface area (TPSA) is 68.1 Å². The molecule has 19 heavy (non-hydrogen) atoms. The molecule has 0 saturated carbocycles. The van der Waals surface area contributed by atoms with E-state index in [1.807, 2.05) is 0 Å². The SMILES string of the molecule is O=[N+]([O-])c1cc(Cl)nc(Nc2cc(Cl)ccc2F)c1. The smallest absolute Gasteiger partial charge is 0.276 e. The summed E-state index contributed by atoms with van der Waals surface area (Å²) >= 11 is 11.4. The summed E-state index contributed by atoms with van der Waals surface area (Å²) in [4.78, 5) is 13.9. The van der Waals surface area contributed by atoms with E-state index in [1.165, 1.54) is 18.2 Å². The second kappa shape index (κ2) is 5.38. The Bertz CT molecular complexity index is 652. The van der Waals surface area contributed by atoms with Crippen LogP contribution in [0, 0.1) is 15.9 Å². The lowest BCUT2D eigenvalue weighted by atomic mass is 10.3. The molecule has 2 rings (SSSR count). The van der Waals surface area contributed by atoms with Crippen molar-refractivity contribution in [3.05, 3.63) is 56.4 Å². The number of nitrogens with zero attached hydrogens (tertiary/aromatic N) is 2. The van der Waals surface area contributed by atoms with Gasteiger partial charge in [-0.1, -0.05) is 23.2 Å². The van der Waals surface area contributed by atoms with E-state index in [1.54, 1.807) is 0 Å². The zero-order chi connectivity index (χ0) is 14.0. The first kappa shape index (κ1) is 13.5. The molecule has 5 nitrogen and oxygen atoms in total. The first-order chi connectivity index (χ1) is 8.95. The summed E-state index contributed by atoms with van der Waals surface area (Å²) in [5.74, 6) is -0.505. The average molecular weight is 302 g/mol. The molecule has 1 heterocycles. The second-order valence-corrected chi connectivity index (χ2v) is 4.36. The molecule has 1 aromatic heterocycles. The molecule has 0 aliphatic rings. The van der Waals surface area contributed by atoms with Crippen LogP contribution in [0.5, 0.6) is 0 Å². The van der Waals surface area contributed by atoms with Crippen molar-refractivity contribution < 1.29 is 9.31 Å². The molecule has 1 N–H and O–H groups in total. The summed E-state index contributed by atoms with van der Waals surface area (Å²) in [6, 6.07) is 6.14. The maximum absolute atomic E-state index is 13.5. The van der Waals surface area contributed by atoms with Crippen molar-refractivity contribution in [2.75, 3.05) is 5.32 Å². The Balaban J connectivity index is 2.38. The Labute approximate surface area is 117 Å². The van der Waals surface area contributed by atoms with E-state index in [4.69, 9.17) is 23.2 Å². The van der Waals surface area contributed by atoms with Gasteiger partial charge in [-0.15, -0.1) is 0 Å².